The third-order valence-electron chi connectivity index (χ3n) is 5.81. The molecule has 0 radical (unpaired) electrons. The van der Waals surface area contributed by atoms with Gasteiger partial charge in [0.25, 0.3) is 0 Å². The van der Waals surface area contributed by atoms with Gasteiger partial charge in [0.1, 0.15) is 0 Å². The van der Waals surface area contributed by atoms with E-state index >= 15 is 0 Å². The second-order valence-corrected chi connectivity index (χ2v) is 7.93. The first kappa shape index (κ1) is 19.9. The van der Waals surface area contributed by atoms with Gasteiger partial charge in [-0.1, -0.05) is 22.9 Å². The molecule has 32 heavy (non-hydrogen) atoms. The lowest BCUT2D eigenvalue weighted by molar-refractivity contribution is -0.117. The van der Waals surface area contributed by atoms with E-state index in [9.17, 15) is 14.4 Å². The van der Waals surface area contributed by atoms with E-state index in [2.05, 4.69) is 15.1 Å². The summed E-state index contributed by atoms with van der Waals surface area (Å²) in [5.41, 5.74) is 2.50. The molecule has 1 N–H and O–H groups in total. The third-order valence-corrected chi connectivity index (χ3v) is 5.81. The fourth-order valence-electron chi connectivity index (χ4n) is 4.10. The summed E-state index contributed by atoms with van der Waals surface area (Å²) in [5.74, 6) is 0.573. The van der Waals surface area contributed by atoms with E-state index in [0.29, 0.717) is 47.8 Å². The number of hydrogen-bond donors (Lipinski definition) is 1. The van der Waals surface area contributed by atoms with Gasteiger partial charge in [-0.05, 0) is 44.2 Å². The lowest BCUT2D eigenvalue weighted by Gasteiger charge is -2.16. The Bertz CT molecular complexity index is 1450. The van der Waals surface area contributed by atoms with Crippen LogP contribution in [0.3, 0.4) is 0 Å². The Labute approximate surface area is 182 Å². The molecule has 1 fully saturated rings. The van der Waals surface area contributed by atoms with Crippen LogP contribution in [0.15, 0.2) is 56.6 Å². The molecule has 2 aromatic heterocycles. The SMILES string of the molecule is CCn1c(=O)c(=O)[nH]c2cc(-c3noc([C@@H]4CC(=O)N(c5ccc(C)cc5)C4)n3)ccc21. The smallest absolute Gasteiger partial charge is 0.316 e. The van der Waals surface area contributed by atoms with Crippen LogP contribution in [0.25, 0.3) is 22.4 Å². The maximum Gasteiger partial charge on any atom is 0.316 e. The minimum absolute atomic E-state index is 0.0134. The number of amides is 1. The number of aromatic nitrogens is 4. The van der Waals surface area contributed by atoms with Gasteiger partial charge >= 0.3 is 11.1 Å². The first-order valence-electron chi connectivity index (χ1n) is 10.4. The number of hydrogen-bond acceptors (Lipinski definition) is 6. The van der Waals surface area contributed by atoms with Gasteiger partial charge < -0.3 is 19.0 Å². The molecule has 3 heterocycles. The number of rotatable bonds is 4. The molecule has 1 aliphatic heterocycles. The summed E-state index contributed by atoms with van der Waals surface area (Å²) in [5, 5.41) is 4.08. The predicted molar refractivity (Wildman–Crippen MR) is 119 cm³/mol. The second kappa shape index (κ2) is 7.60. The molecule has 0 spiro atoms. The lowest BCUT2D eigenvalue weighted by atomic mass is 10.1. The van der Waals surface area contributed by atoms with Crippen molar-refractivity contribution < 1.29 is 9.32 Å². The molecule has 5 rings (SSSR count). The molecule has 0 bridgehead atoms. The van der Waals surface area contributed by atoms with Crippen molar-refractivity contribution in [2.75, 3.05) is 11.4 Å². The molecule has 4 aromatic rings. The Morgan fingerprint density at radius 2 is 1.91 bits per heavy atom. The van der Waals surface area contributed by atoms with Gasteiger partial charge in [-0.15, -0.1) is 0 Å². The fraction of sp³-hybridized carbons (Fsp3) is 0.261. The van der Waals surface area contributed by atoms with Crippen LogP contribution in [0.4, 0.5) is 5.69 Å². The van der Waals surface area contributed by atoms with Crippen LogP contribution < -0.4 is 16.0 Å². The molecule has 9 heteroatoms. The number of carbonyl (C=O) groups is 1. The fourth-order valence-corrected chi connectivity index (χ4v) is 4.10. The summed E-state index contributed by atoms with van der Waals surface area (Å²) in [6, 6.07) is 13.1. The summed E-state index contributed by atoms with van der Waals surface area (Å²) >= 11 is 0. The highest BCUT2D eigenvalue weighted by Gasteiger charge is 2.35. The maximum absolute atomic E-state index is 12.6. The van der Waals surface area contributed by atoms with Crippen LogP contribution in [0.1, 0.15) is 30.7 Å². The number of nitrogens with one attached hydrogen (secondary N) is 1. The highest BCUT2D eigenvalue weighted by Crippen LogP contribution is 2.32. The Kier molecular flexibility index (Phi) is 4.73. The van der Waals surface area contributed by atoms with Crippen molar-refractivity contribution in [2.45, 2.75) is 32.7 Å². The molecule has 9 nitrogen and oxygen atoms in total. The molecule has 1 saturated heterocycles. The second-order valence-electron chi connectivity index (χ2n) is 7.93. The van der Waals surface area contributed by atoms with Crippen molar-refractivity contribution in [2.24, 2.45) is 0 Å². The molecule has 2 aromatic carbocycles. The van der Waals surface area contributed by atoms with Gasteiger partial charge in [0.2, 0.25) is 17.6 Å². The van der Waals surface area contributed by atoms with Gasteiger partial charge in [-0.25, -0.2) is 0 Å². The molecule has 1 aliphatic rings. The van der Waals surface area contributed by atoms with Crippen molar-refractivity contribution in [3.63, 3.8) is 0 Å². The average molecular weight is 431 g/mol. The van der Waals surface area contributed by atoms with Crippen molar-refractivity contribution >= 4 is 22.6 Å². The number of anilines is 1. The van der Waals surface area contributed by atoms with E-state index in [4.69, 9.17) is 4.52 Å². The Morgan fingerprint density at radius 3 is 2.66 bits per heavy atom. The summed E-state index contributed by atoms with van der Waals surface area (Å²) in [7, 11) is 0. The molecule has 162 valence electrons. The number of aryl methyl sites for hydroxylation is 2. The number of aromatic amines is 1. The Balaban J connectivity index is 1.44. The maximum atomic E-state index is 12.6. The first-order chi connectivity index (χ1) is 15.4. The topological polar surface area (TPSA) is 114 Å². The summed E-state index contributed by atoms with van der Waals surface area (Å²) < 4.78 is 6.91. The number of carbonyl (C=O) groups excluding carboxylic acids is 1. The minimum atomic E-state index is -0.675. The van der Waals surface area contributed by atoms with Crippen LogP contribution in [-0.4, -0.2) is 32.1 Å². The summed E-state index contributed by atoms with van der Waals surface area (Å²) in [6.45, 7) is 4.67. The van der Waals surface area contributed by atoms with Crippen LogP contribution in [0, 0.1) is 6.92 Å². The van der Waals surface area contributed by atoms with Crippen molar-refractivity contribution in [3.05, 3.63) is 74.6 Å². The van der Waals surface area contributed by atoms with Crippen LogP contribution in [0.5, 0.6) is 0 Å². The number of H-pyrrole nitrogens is 1. The number of benzene rings is 2. The Morgan fingerprint density at radius 1 is 1.12 bits per heavy atom. The van der Waals surface area contributed by atoms with Crippen molar-refractivity contribution in [1.82, 2.24) is 19.7 Å². The zero-order valence-corrected chi connectivity index (χ0v) is 17.7. The largest absolute Gasteiger partial charge is 0.339 e. The minimum Gasteiger partial charge on any atom is -0.339 e. The first-order valence-corrected chi connectivity index (χ1v) is 10.4. The molecule has 0 unspecified atom stereocenters. The highest BCUT2D eigenvalue weighted by atomic mass is 16.5. The molecule has 0 saturated carbocycles. The highest BCUT2D eigenvalue weighted by molar-refractivity contribution is 5.96. The van der Waals surface area contributed by atoms with Gasteiger partial charge in [0, 0.05) is 30.8 Å². The van der Waals surface area contributed by atoms with E-state index in [1.54, 1.807) is 23.1 Å². The van der Waals surface area contributed by atoms with Crippen LogP contribution in [0.2, 0.25) is 0 Å². The third kappa shape index (κ3) is 3.31. The monoisotopic (exact) mass is 431 g/mol. The summed E-state index contributed by atoms with van der Waals surface area (Å²) in [6.07, 6.45) is 0.295. The van der Waals surface area contributed by atoms with E-state index in [0.717, 1.165) is 11.3 Å². The van der Waals surface area contributed by atoms with E-state index in [1.165, 1.54) is 4.57 Å². The Hall–Kier alpha value is -4.01. The van der Waals surface area contributed by atoms with E-state index in [1.807, 2.05) is 38.1 Å². The number of nitrogens with zero attached hydrogens (tertiary/aromatic N) is 4. The van der Waals surface area contributed by atoms with Crippen molar-refractivity contribution in [1.29, 1.82) is 0 Å². The molecular formula is C23H21N5O4. The normalized spacial score (nSPS) is 16.2. The van der Waals surface area contributed by atoms with Gasteiger partial charge in [-0.2, -0.15) is 4.98 Å². The molecule has 1 atom stereocenters. The van der Waals surface area contributed by atoms with E-state index in [-0.39, 0.29) is 11.8 Å². The standard InChI is InChI=1S/C23H21N5O4/c1-3-27-18-9-6-14(10-17(18)24-21(30)23(27)31)20-25-22(32-26-20)15-11-19(29)28(12-15)16-7-4-13(2)5-8-16/h4-10,15H,3,11-12H2,1-2H3,(H,24,30)/t15-/m1/s1. The number of fused-ring (bicyclic) bond motifs is 1. The van der Waals surface area contributed by atoms with Gasteiger partial charge in [0.15, 0.2) is 0 Å². The zero-order valence-electron chi connectivity index (χ0n) is 17.7. The average Bonchev–Trinajstić information content (AvgIpc) is 3.42. The lowest BCUT2D eigenvalue weighted by Crippen LogP contribution is -2.35. The van der Waals surface area contributed by atoms with Crippen LogP contribution >= 0.6 is 0 Å². The summed E-state index contributed by atoms with van der Waals surface area (Å²) in [4.78, 5) is 45.4. The molecule has 1 amide bonds. The van der Waals surface area contributed by atoms with Crippen LogP contribution in [-0.2, 0) is 11.3 Å². The molecule has 0 aliphatic carbocycles. The van der Waals surface area contributed by atoms with Gasteiger partial charge in [0.05, 0.1) is 17.0 Å². The molecular weight excluding hydrogens is 410 g/mol. The quantitative estimate of drug-likeness (QED) is 0.497. The van der Waals surface area contributed by atoms with E-state index < -0.39 is 11.1 Å². The zero-order chi connectivity index (χ0) is 22.4. The van der Waals surface area contributed by atoms with Gasteiger partial charge in [-0.3, -0.25) is 14.4 Å². The predicted octanol–water partition coefficient (Wildman–Crippen LogP) is 2.59. The van der Waals surface area contributed by atoms with Crippen molar-refractivity contribution in [3.8, 4) is 11.4 Å².